The van der Waals surface area contributed by atoms with Crippen LogP contribution in [0.4, 0.5) is 11.4 Å². The van der Waals surface area contributed by atoms with Crippen LogP contribution in [0.2, 0.25) is 0 Å². The molecule has 0 bridgehead atoms. The summed E-state index contributed by atoms with van der Waals surface area (Å²) in [6, 6.07) is 4.79. The van der Waals surface area contributed by atoms with E-state index < -0.39 is 0 Å². The molecule has 1 aromatic rings. The number of nitro benzene ring substituents is 1. The molecular formula is C17H23N3O3. The van der Waals surface area contributed by atoms with Gasteiger partial charge in [-0.05, 0) is 43.4 Å². The van der Waals surface area contributed by atoms with Crippen LogP contribution in [0, 0.1) is 16.0 Å². The molecule has 3 rings (SSSR count). The predicted octanol–water partition coefficient (Wildman–Crippen LogP) is 2.61. The average Bonchev–Trinajstić information content (AvgIpc) is 2.98. The number of likely N-dealkylation sites (tertiary alicyclic amines) is 1. The number of carbonyl (C=O) groups excluding carboxylic acids is 1. The van der Waals surface area contributed by atoms with Crippen molar-refractivity contribution in [2.75, 3.05) is 31.1 Å². The Morgan fingerprint density at radius 3 is 2.96 bits per heavy atom. The fourth-order valence-corrected chi connectivity index (χ4v) is 3.67. The van der Waals surface area contributed by atoms with Gasteiger partial charge in [-0.25, -0.2) is 0 Å². The van der Waals surface area contributed by atoms with Gasteiger partial charge < -0.3 is 4.90 Å². The third-order valence-electron chi connectivity index (χ3n) is 5.01. The Morgan fingerprint density at radius 2 is 2.22 bits per heavy atom. The number of piperidine rings is 1. The number of rotatable bonds is 4. The van der Waals surface area contributed by atoms with E-state index >= 15 is 0 Å². The Kier molecular flexibility index (Phi) is 4.61. The molecule has 0 N–H and O–H groups in total. The minimum absolute atomic E-state index is 0.0971. The first-order valence-electron chi connectivity index (χ1n) is 8.38. The lowest BCUT2D eigenvalue weighted by Gasteiger charge is -2.32. The topological polar surface area (TPSA) is 66.7 Å². The van der Waals surface area contributed by atoms with Gasteiger partial charge in [-0.15, -0.1) is 0 Å². The molecule has 0 aromatic heterocycles. The number of benzene rings is 1. The second-order valence-corrected chi connectivity index (χ2v) is 6.52. The van der Waals surface area contributed by atoms with Gasteiger partial charge in [0.25, 0.3) is 5.69 Å². The van der Waals surface area contributed by atoms with Crippen LogP contribution in [-0.2, 0) is 11.2 Å². The molecule has 1 atom stereocenters. The van der Waals surface area contributed by atoms with Gasteiger partial charge in [-0.2, -0.15) is 0 Å². The van der Waals surface area contributed by atoms with Crippen LogP contribution in [-0.4, -0.2) is 41.9 Å². The summed E-state index contributed by atoms with van der Waals surface area (Å²) in [5, 5.41) is 10.9. The Bertz CT molecular complexity index is 617. The van der Waals surface area contributed by atoms with Crippen LogP contribution < -0.4 is 4.90 Å². The molecule has 2 aliphatic rings. The standard InChI is InChI=1S/C17H23N3O3/c1-2-13-4-3-8-18(11-13)12-17(21)19-9-7-14-10-15(20(22)23)5-6-16(14)19/h5-6,10,13H,2-4,7-9,11-12H2,1H3/t13-/m1/s1. The number of hydrogen-bond donors (Lipinski definition) is 0. The molecule has 0 saturated carbocycles. The summed E-state index contributed by atoms with van der Waals surface area (Å²) in [6.45, 7) is 5.28. The van der Waals surface area contributed by atoms with E-state index in [2.05, 4.69) is 11.8 Å². The van der Waals surface area contributed by atoms with Gasteiger partial charge in [0.1, 0.15) is 0 Å². The first-order chi connectivity index (χ1) is 11.1. The quantitative estimate of drug-likeness (QED) is 0.632. The molecule has 1 aromatic carbocycles. The molecule has 1 saturated heterocycles. The zero-order chi connectivity index (χ0) is 16.4. The van der Waals surface area contributed by atoms with Crippen molar-refractivity contribution in [3.63, 3.8) is 0 Å². The summed E-state index contributed by atoms with van der Waals surface area (Å²) in [6.07, 6.45) is 4.28. The molecule has 1 amide bonds. The van der Waals surface area contributed by atoms with Crippen molar-refractivity contribution in [2.24, 2.45) is 5.92 Å². The summed E-state index contributed by atoms with van der Waals surface area (Å²) in [4.78, 5) is 27.2. The minimum Gasteiger partial charge on any atom is -0.311 e. The number of carbonyl (C=O) groups is 1. The van der Waals surface area contributed by atoms with E-state index in [4.69, 9.17) is 0 Å². The van der Waals surface area contributed by atoms with Gasteiger partial charge >= 0.3 is 0 Å². The zero-order valence-electron chi connectivity index (χ0n) is 13.5. The van der Waals surface area contributed by atoms with Crippen molar-refractivity contribution in [2.45, 2.75) is 32.6 Å². The number of amides is 1. The molecule has 1 fully saturated rings. The van der Waals surface area contributed by atoms with Crippen LogP contribution in [0.1, 0.15) is 31.7 Å². The van der Waals surface area contributed by atoms with Gasteiger partial charge in [-0.3, -0.25) is 19.8 Å². The normalized spacial score (nSPS) is 21.3. The van der Waals surface area contributed by atoms with E-state index in [0.717, 1.165) is 30.8 Å². The third-order valence-corrected chi connectivity index (χ3v) is 5.01. The monoisotopic (exact) mass is 317 g/mol. The fourth-order valence-electron chi connectivity index (χ4n) is 3.67. The molecular weight excluding hydrogens is 294 g/mol. The number of nitrogens with zero attached hydrogens (tertiary/aromatic N) is 3. The molecule has 23 heavy (non-hydrogen) atoms. The van der Waals surface area contributed by atoms with E-state index in [0.29, 0.717) is 25.4 Å². The molecule has 6 nitrogen and oxygen atoms in total. The molecule has 124 valence electrons. The Balaban J connectivity index is 1.67. The first kappa shape index (κ1) is 15.9. The molecule has 0 spiro atoms. The first-order valence-corrected chi connectivity index (χ1v) is 8.38. The highest BCUT2D eigenvalue weighted by molar-refractivity contribution is 5.97. The van der Waals surface area contributed by atoms with Crippen molar-refractivity contribution in [1.29, 1.82) is 0 Å². The predicted molar refractivity (Wildman–Crippen MR) is 88.6 cm³/mol. The van der Waals surface area contributed by atoms with E-state index in [9.17, 15) is 14.9 Å². The lowest BCUT2D eigenvalue weighted by Crippen LogP contribution is -2.43. The van der Waals surface area contributed by atoms with Crippen LogP contribution >= 0.6 is 0 Å². The van der Waals surface area contributed by atoms with Crippen LogP contribution in [0.3, 0.4) is 0 Å². The molecule has 0 aliphatic carbocycles. The highest BCUT2D eigenvalue weighted by Gasteiger charge is 2.28. The Hall–Kier alpha value is -1.95. The summed E-state index contributed by atoms with van der Waals surface area (Å²) in [5.74, 6) is 0.805. The number of nitro groups is 1. The van der Waals surface area contributed by atoms with Crippen molar-refractivity contribution in [3.05, 3.63) is 33.9 Å². The van der Waals surface area contributed by atoms with Crippen molar-refractivity contribution >= 4 is 17.3 Å². The molecule has 0 radical (unpaired) electrons. The molecule has 2 heterocycles. The maximum atomic E-state index is 12.6. The molecule has 0 unspecified atom stereocenters. The van der Waals surface area contributed by atoms with Gasteiger partial charge in [0.15, 0.2) is 0 Å². The van der Waals surface area contributed by atoms with Gasteiger partial charge in [0, 0.05) is 30.9 Å². The highest BCUT2D eigenvalue weighted by atomic mass is 16.6. The van der Waals surface area contributed by atoms with Gasteiger partial charge in [0.05, 0.1) is 11.5 Å². The fraction of sp³-hybridized carbons (Fsp3) is 0.588. The smallest absolute Gasteiger partial charge is 0.269 e. The Labute approximate surface area is 136 Å². The van der Waals surface area contributed by atoms with E-state index in [-0.39, 0.29) is 16.5 Å². The second kappa shape index (κ2) is 6.66. The maximum absolute atomic E-state index is 12.6. The summed E-state index contributed by atoms with van der Waals surface area (Å²) in [7, 11) is 0. The van der Waals surface area contributed by atoms with Crippen LogP contribution in [0.15, 0.2) is 18.2 Å². The molecule has 6 heteroatoms. The number of hydrogen-bond acceptors (Lipinski definition) is 4. The van der Waals surface area contributed by atoms with Gasteiger partial charge in [0.2, 0.25) is 5.91 Å². The van der Waals surface area contributed by atoms with Crippen molar-refractivity contribution in [1.82, 2.24) is 4.90 Å². The largest absolute Gasteiger partial charge is 0.311 e. The highest BCUT2D eigenvalue weighted by Crippen LogP contribution is 2.31. The maximum Gasteiger partial charge on any atom is 0.269 e. The van der Waals surface area contributed by atoms with Crippen molar-refractivity contribution in [3.8, 4) is 0 Å². The van der Waals surface area contributed by atoms with Crippen LogP contribution in [0.5, 0.6) is 0 Å². The van der Waals surface area contributed by atoms with E-state index in [1.165, 1.54) is 18.9 Å². The Morgan fingerprint density at radius 1 is 1.39 bits per heavy atom. The third kappa shape index (κ3) is 3.37. The number of anilines is 1. The lowest BCUT2D eigenvalue weighted by molar-refractivity contribution is -0.384. The average molecular weight is 317 g/mol. The number of fused-ring (bicyclic) bond motifs is 1. The van der Waals surface area contributed by atoms with Crippen molar-refractivity contribution < 1.29 is 9.72 Å². The zero-order valence-corrected chi connectivity index (χ0v) is 13.5. The van der Waals surface area contributed by atoms with E-state index in [1.54, 1.807) is 17.0 Å². The SMILES string of the molecule is CC[C@@H]1CCCN(CC(=O)N2CCc3cc([N+](=O)[O-])ccc32)C1. The lowest BCUT2D eigenvalue weighted by atomic mass is 9.96. The number of non-ortho nitro benzene ring substituents is 1. The van der Waals surface area contributed by atoms with Gasteiger partial charge in [-0.1, -0.05) is 13.3 Å². The summed E-state index contributed by atoms with van der Waals surface area (Å²) >= 11 is 0. The van der Waals surface area contributed by atoms with E-state index in [1.807, 2.05) is 0 Å². The van der Waals surface area contributed by atoms with Crippen LogP contribution in [0.25, 0.3) is 0 Å². The second-order valence-electron chi connectivity index (χ2n) is 6.52. The summed E-state index contributed by atoms with van der Waals surface area (Å²) in [5.41, 5.74) is 1.84. The minimum atomic E-state index is -0.386. The molecule has 2 aliphatic heterocycles. The summed E-state index contributed by atoms with van der Waals surface area (Å²) < 4.78 is 0.